The Labute approximate surface area is 207 Å². The second-order valence-electron chi connectivity index (χ2n) is 7.91. The summed E-state index contributed by atoms with van der Waals surface area (Å²) in [6.07, 6.45) is -4.61. The summed E-state index contributed by atoms with van der Waals surface area (Å²) in [6.45, 7) is 1.52. The molecule has 11 heteroatoms. The highest BCUT2D eigenvalue weighted by molar-refractivity contribution is 7.94. The summed E-state index contributed by atoms with van der Waals surface area (Å²) >= 11 is 1.06. The third-order valence-corrected chi connectivity index (χ3v) is 8.27. The molecule has 0 aliphatic carbocycles. The van der Waals surface area contributed by atoms with E-state index in [0.29, 0.717) is 0 Å². The number of alkyl halides is 3. The van der Waals surface area contributed by atoms with E-state index < -0.39 is 27.6 Å². The highest BCUT2D eigenvalue weighted by atomic mass is 32.2. The van der Waals surface area contributed by atoms with Crippen molar-refractivity contribution in [2.24, 2.45) is 0 Å². The van der Waals surface area contributed by atoms with Crippen LogP contribution in [0, 0.1) is 12.7 Å². The number of hydrogen-bond acceptors (Lipinski definition) is 5. The Hall–Kier alpha value is -3.70. The molecule has 5 rings (SSSR count). The first-order valence-corrected chi connectivity index (χ1v) is 12.8. The number of halogens is 4. The number of hydrogen-bond donors (Lipinski definition) is 1. The van der Waals surface area contributed by atoms with Gasteiger partial charge in [-0.2, -0.15) is 13.2 Å². The second-order valence-corrected chi connectivity index (χ2v) is 10.9. The lowest BCUT2D eigenvalue weighted by molar-refractivity contribution is -0.136. The predicted molar refractivity (Wildman–Crippen MR) is 131 cm³/mol. The van der Waals surface area contributed by atoms with E-state index in [9.17, 15) is 26.0 Å². The lowest BCUT2D eigenvalue weighted by Crippen LogP contribution is -2.12. The van der Waals surface area contributed by atoms with Crippen molar-refractivity contribution in [2.45, 2.75) is 17.3 Å². The van der Waals surface area contributed by atoms with Gasteiger partial charge in [0, 0.05) is 27.9 Å². The fourth-order valence-electron chi connectivity index (χ4n) is 3.71. The largest absolute Gasteiger partial charge is 0.456 e. The highest BCUT2D eigenvalue weighted by Gasteiger charge is 2.33. The Kier molecular flexibility index (Phi) is 5.84. The molecule has 0 amide bonds. The summed E-state index contributed by atoms with van der Waals surface area (Å²) in [5, 5.41) is 0.853. The third-order valence-electron chi connectivity index (χ3n) is 5.32. The Balaban J connectivity index is 1.45. The van der Waals surface area contributed by atoms with Gasteiger partial charge in [0.25, 0.3) is 10.0 Å². The van der Waals surface area contributed by atoms with Crippen LogP contribution in [0.1, 0.15) is 11.3 Å². The first-order valence-electron chi connectivity index (χ1n) is 10.5. The minimum absolute atomic E-state index is 0.0263. The standard InChI is InChI=1S/C25H16F4N2O3S2/c1-14-11-21(17-6-4-7-18(24(17)30-14)25(27,28)29)34-16-9-10-20(19(26)13-16)31-36(32,33)23-12-15-5-2-3-8-22(15)35-23/h2-13,31H,1H3. The number of aromatic nitrogens is 1. The minimum atomic E-state index is -4.61. The quantitative estimate of drug-likeness (QED) is 0.238. The molecule has 2 heterocycles. The van der Waals surface area contributed by atoms with Crippen molar-refractivity contribution in [3.8, 4) is 11.5 Å². The van der Waals surface area contributed by atoms with Crippen LogP contribution in [0.25, 0.3) is 21.0 Å². The maximum absolute atomic E-state index is 14.9. The van der Waals surface area contributed by atoms with Crippen molar-refractivity contribution < 1.29 is 30.7 Å². The second kappa shape index (κ2) is 8.75. The topological polar surface area (TPSA) is 68.3 Å². The molecule has 0 bridgehead atoms. The van der Waals surface area contributed by atoms with Gasteiger partial charge in [0.2, 0.25) is 0 Å². The molecule has 3 aromatic carbocycles. The summed E-state index contributed by atoms with van der Waals surface area (Å²) in [5.41, 5.74) is -1.21. The van der Waals surface area contributed by atoms with Crippen LogP contribution in [0.4, 0.5) is 23.2 Å². The number of ether oxygens (including phenoxy) is 1. The fourth-order valence-corrected chi connectivity index (χ4v) is 6.17. The van der Waals surface area contributed by atoms with Crippen LogP contribution in [0.15, 0.2) is 77.0 Å². The number of nitrogens with one attached hydrogen (secondary N) is 1. The molecular weight excluding hydrogens is 516 g/mol. The maximum atomic E-state index is 14.9. The Morgan fingerprint density at radius 1 is 0.972 bits per heavy atom. The van der Waals surface area contributed by atoms with E-state index in [0.717, 1.165) is 33.6 Å². The summed E-state index contributed by atoms with van der Waals surface area (Å²) < 4.78 is 89.5. The molecule has 2 aromatic heterocycles. The maximum Gasteiger partial charge on any atom is 0.418 e. The first-order chi connectivity index (χ1) is 17.0. The Morgan fingerprint density at radius 3 is 2.47 bits per heavy atom. The van der Waals surface area contributed by atoms with Gasteiger partial charge in [-0.3, -0.25) is 9.71 Å². The molecular formula is C25H16F4N2O3S2. The van der Waals surface area contributed by atoms with E-state index >= 15 is 0 Å². The number of sulfonamides is 1. The molecule has 5 nitrogen and oxygen atoms in total. The van der Waals surface area contributed by atoms with Gasteiger partial charge in [-0.05, 0) is 48.7 Å². The average molecular weight is 533 g/mol. The van der Waals surface area contributed by atoms with Crippen molar-refractivity contribution in [1.29, 1.82) is 0 Å². The van der Waals surface area contributed by atoms with Gasteiger partial charge in [-0.25, -0.2) is 12.8 Å². The molecule has 0 aliphatic rings. The smallest absolute Gasteiger partial charge is 0.418 e. The summed E-state index contributed by atoms with van der Waals surface area (Å²) in [7, 11) is -4.05. The van der Waals surface area contributed by atoms with Crippen molar-refractivity contribution in [3.05, 3.63) is 89.9 Å². The number of pyridine rings is 1. The number of thiophene rings is 1. The Morgan fingerprint density at radius 2 is 1.75 bits per heavy atom. The van der Waals surface area contributed by atoms with Gasteiger partial charge in [-0.15, -0.1) is 11.3 Å². The van der Waals surface area contributed by atoms with Crippen molar-refractivity contribution >= 4 is 48.0 Å². The molecule has 0 aliphatic heterocycles. The molecule has 184 valence electrons. The zero-order chi connectivity index (χ0) is 25.7. The van der Waals surface area contributed by atoms with Crippen LogP contribution in [0.2, 0.25) is 0 Å². The summed E-state index contributed by atoms with van der Waals surface area (Å²) in [6, 6.07) is 17.1. The van der Waals surface area contributed by atoms with Crippen LogP contribution >= 0.6 is 11.3 Å². The number of aryl methyl sites for hydroxylation is 1. The van der Waals surface area contributed by atoms with E-state index in [1.807, 2.05) is 0 Å². The van der Waals surface area contributed by atoms with Crippen molar-refractivity contribution in [2.75, 3.05) is 4.72 Å². The number of benzene rings is 3. The monoisotopic (exact) mass is 532 g/mol. The normalized spacial score (nSPS) is 12.2. The summed E-state index contributed by atoms with van der Waals surface area (Å²) in [5.74, 6) is -0.883. The highest BCUT2D eigenvalue weighted by Crippen LogP contribution is 2.38. The molecule has 0 fully saturated rings. The average Bonchev–Trinajstić information content (AvgIpc) is 3.25. The van der Waals surface area contributed by atoms with Gasteiger partial charge >= 0.3 is 6.18 Å². The number of para-hydroxylation sites is 1. The lowest BCUT2D eigenvalue weighted by Gasteiger charge is -2.14. The van der Waals surface area contributed by atoms with Crippen molar-refractivity contribution in [3.63, 3.8) is 0 Å². The molecule has 0 saturated heterocycles. The van der Waals surface area contributed by atoms with Crippen molar-refractivity contribution in [1.82, 2.24) is 4.98 Å². The Bertz CT molecular complexity index is 1700. The van der Waals surface area contributed by atoms with E-state index in [1.165, 1.54) is 43.3 Å². The fraction of sp³-hybridized carbons (Fsp3) is 0.0800. The van der Waals surface area contributed by atoms with Gasteiger partial charge in [-0.1, -0.05) is 24.3 Å². The minimum Gasteiger partial charge on any atom is -0.456 e. The zero-order valence-corrected chi connectivity index (χ0v) is 20.1. The van der Waals surface area contributed by atoms with E-state index in [2.05, 4.69) is 9.71 Å². The van der Waals surface area contributed by atoms with Crippen LogP contribution < -0.4 is 9.46 Å². The number of rotatable bonds is 5. The van der Waals surface area contributed by atoms with Gasteiger partial charge in [0.15, 0.2) is 5.82 Å². The SMILES string of the molecule is Cc1cc(Oc2ccc(NS(=O)(=O)c3cc4ccccc4s3)c(F)c2)c2cccc(C(F)(F)F)c2n1. The molecule has 0 atom stereocenters. The van der Waals surface area contributed by atoms with E-state index in [1.54, 1.807) is 24.3 Å². The predicted octanol–water partition coefficient (Wildman–Crippen LogP) is 7.51. The van der Waals surface area contributed by atoms with Crippen LogP contribution in [-0.2, 0) is 16.2 Å². The number of fused-ring (bicyclic) bond motifs is 2. The molecule has 0 spiro atoms. The molecule has 0 saturated carbocycles. The van der Waals surface area contributed by atoms with Crippen LogP contribution in [0.3, 0.4) is 0 Å². The third kappa shape index (κ3) is 4.59. The molecule has 0 radical (unpaired) electrons. The molecule has 0 unspecified atom stereocenters. The molecule has 36 heavy (non-hydrogen) atoms. The van der Waals surface area contributed by atoms with Gasteiger partial charge < -0.3 is 4.74 Å². The van der Waals surface area contributed by atoms with E-state index in [-0.39, 0.29) is 38.0 Å². The van der Waals surface area contributed by atoms with Gasteiger partial charge in [0.1, 0.15) is 15.7 Å². The van der Waals surface area contributed by atoms with E-state index in [4.69, 9.17) is 4.74 Å². The number of nitrogens with zero attached hydrogens (tertiary/aromatic N) is 1. The van der Waals surface area contributed by atoms with Gasteiger partial charge in [0.05, 0.1) is 16.8 Å². The zero-order valence-electron chi connectivity index (χ0n) is 18.4. The van der Waals surface area contributed by atoms with Crippen LogP contribution in [0.5, 0.6) is 11.5 Å². The molecule has 5 aromatic rings. The lowest BCUT2D eigenvalue weighted by atomic mass is 10.1. The number of anilines is 1. The first kappa shape index (κ1) is 24.0. The van der Waals surface area contributed by atoms with Crippen LogP contribution in [-0.4, -0.2) is 13.4 Å². The summed E-state index contributed by atoms with van der Waals surface area (Å²) in [4.78, 5) is 4.01. The molecule has 1 N–H and O–H groups in total.